The molecule has 0 unspecified atom stereocenters. The van der Waals surface area contributed by atoms with E-state index in [2.05, 4.69) is 32.9 Å². The lowest BCUT2D eigenvalue weighted by Crippen LogP contribution is -2.22. The maximum Gasteiger partial charge on any atom is 0.261 e. The summed E-state index contributed by atoms with van der Waals surface area (Å²) in [4.78, 5) is 16.6. The summed E-state index contributed by atoms with van der Waals surface area (Å²) in [5, 5.41) is 2.83. The monoisotopic (exact) mass is 344 g/mol. The third-order valence-corrected chi connectivity index (χ3v) is 3.85. The van der Waals surface area contributed by atoms with E-state index in [1.165, 1.54) is 11.3 Å². The van der Waals surface area contributed by atoms with Gasteiger partial charge >= 0.3 is 0 Å². The molecule has 1 amide bonds. The van der Waals surface area contributed by atoms with Crippen LogP contribution < -0.4 is 5.32 Å². The van der Waals surface area contributed by atoms with Gasteiger partial charge in [-0.05, 0) is 46.9 Å². The Morgan fingerprint density at radius 3 is 2.88 bits per heavy atom. The van der Waals surface area contributed by atoms with Crippen LogP contribution >= 0.6 is 33.9 Å². The fourth-order valence-corrected chi connectivity index (χ4v) is 2.74. The van der Waals surface area contributed by atoms with Gasteiger partial charge in [0.05, 0.1) is 20.0 Å². The molecule has 16 heavy (non-hydrogen) atoms. The molecule has 0 saturated heterocycles. The third-order valence-electron chi connectivity index (χ3n) is 1.95. The van der Waals surface area contributed by atoms with Gasteiger partial charge in [-0.25, -0.2) is 0 Å². The van der Waals surface area contributed by atoms with Crippen molar-refractivity contribution in [2.24, 2.45) is 0 Å². The zero-order valence-corrected chi connectivity index (χ0v) is 11.3. The summed E-state index contributed by atoms with van der Waals surface area (Å²) in [6.07, 6.45) is 1.72. The Morgan fingerprint density at radius 2 is 2.25 bits per heavy atom. The van der Waals surface area contributed by atoms with E-state index < -0.39 is 0 Å². The number of thiophene rings is 1. The molecule has 0 aromatic carbocycles. The van der Waals surface area contributed by atoms with Crippen LogP contribution in [0.2, 0.25) is 0 Å². The number of carbonyl (C=O) groups is 1. The van der Waals surface area contributed by atoms with Crippen LogP contribution in [0.25, 0.3) is 0 Å². The number of hydrogen-bond donors (Lipinski definition) is 1. The molecule has 0 aliphatic rings. The molecule has 2 aromatic rings. The van der Waals surface area contributed by atoms with Gasteiger partial charge in [-0.3, -0.25) is 9.78 Å². The number of hydrogen-bond acceptors (Lipinski definition) is 3. The number of aromatic nitrogens is 1. The summed E-state index contributed by atoms with van der Waals surface area (Å²) in [5.41, 5.74) is 0.863. The maximum absolute atomic E-state index is 11.7. The number of rotatable bonds is 3. The largest absolute Gasteiger partial charge is 0.346 e. The molecule has 0 fully saturated rings. The Labute approximate surface area is 111 Å². The Balaban J connectivity index is 1.94. The van der Waals surface area contributed by atoms with E-state index in [1.807, 2.05) is 30.3 Å². The van der Waals surface area contributed by atoms with Crippen LogP contribution in [0.15, 0.2) is 36.5 Å². The summed E-state index contributed by atoms with van der Waals surface area (Å²) in [7, 11) is 0. The lowest BCUT2D eigenvalue weighted by molar-refractivity contribution is 0.0954. The first-order valence-electron chi connectivity index (χ1n) is 4.69. The predicted molar refractivity (Wildman–Crippen MR) is 72.4 cm³/mol. The Morgan fingerprint density at radius 1 is 1.38 bits per heavy atom. The molecule has 2 aromatic heterocycles. The van der Waals surface area contributed by atoms with Gasteiger partial charge in [-0.2, -0.15) is 0 Å². The van der Waals surface area contributed by atoms with Gasteiger partial charge in [0.2, 0.25) is 0 Å². The van der Waals surface area contributed by atoms with Crippen LogP contribution in [0.3, 0.4) is 0 Å². The van der Waals surface area contributed by atoms with Crippen molar-refractivity contribution < 1.29 is 4.79 Å². The lowest BCUT2D eigenvalue weighted by atomic mass is 10.3. The number of carbonyl (C=O) groups excluding carboxylic acids is 1. The van der Waals surface area contributed by atoms with E-state index in [0.717, 1.165) is 13.5 Å². The standard InChI is InChI=1S/C11H9IN2OS/c12-10-5-4-9(16-10)11(15)14-7-8-3-1-2-6-13-8/h1-6H,7H2,(H,14,15). The number of pyridine rings is 1. The molecule has 82 valence electrons. The van der Waals surface area contributed by atoms with Crippen molar-refractivity contribution in [3.8, 4) is 0 Å². The molecule has 2 rings (SSSR count). The summed E-state index contributed by atoms with van der Waals surface area (Å²) in [6, 6.07) is 9.41. The Bertz CT molecular complexity index is 484. The van der Waals surface area contributed by atoms with Crippen molar-refractivity contribution in [1.29, 1.82) is 0 Å². The van der Waals surface area contributed by atoms with Crippen LogP contribution in [-0.2, 0) is 6.54 Å². The number of amides is 1. The van der Waals surface area contributed by atoms with E-state index in [1.54, 1.807) is 6.20 Å². The minimum Gasteiger partial charge on any atom is -0.346 e. The highest BCUT2D eigenvalue weighted by Gasteiger charge is 2.07. The fraction of sp³-hybridized carbons (Fsp3) is 0.0909. The summed E-state index contributed by atoms with van der Waals surface area (Å²) in [5.74, 6) is -0.0430. The van der Waals surface area contributed by atoms with E-state index in [-0.39, 0.29) is 5.91 Å². The maximum atomic E-state index is 11.7. The molecule has 0 atom stereocenters. The van der Waals surface area contributed by atoms with Gasteiger partial charge in [0.25, 0.3) is 5.91 Å². The van der Waals surface area contributed by atoms with Crippen LogP contribution in [-0.4, -0.2) is 10.9 Å². The minimum absolute atomic E-state index is 0.0430. The van der Waals surface area contributed by atoms with Crippen molar-refractivity contribution in [3.63, 3.8) is 0 Å². The van der Waals surface area contributed by atoms with E-state index in [0.29, 0.717) is 6.54 Å². The van der Waals surface area contributed by atoms with Gasteiger partial charge in [-0.1, -0.05) is 6.07 Å². The van der Waals surface area contributed by atoms with Crippen molar-refractivity contribution >= 4 is 39.8 Å². The third kappa shape index (κ3) is 3.02. The zero-order chi connectivity index (χ0) is 11.4. The highest BCUT2D eigenvalue weighted by molar-refractivity contribution is 14.1. The van der Waals surface area contributed by atoms with E-state index in [4.69, 9.17) is 0 Å². The van der Waals surface area contributed by atoms with Crippen molar-refractivity contribution in [1.82, 2.24) is 10.3 Å². The highest BCUT2D eigenvalue weighted by atomic mass is 127. The lowest BCUT2D eigenvalue weighted by Gasteiger charge is -2.02. The molecule has 3 nitrogen and oxygen atoms in total. The van der Waals surface area contributed by atoms with Gasteiger partial charge in [0.15, 0.2) is 0 Å². The predicted octanol–water partition coefficient (Wildman–Crippen LogP) is 2.68. The second kappa shape index (κ2) is 5.40. The SMILES string of the molecule is O=C(NCc1ccccn1)c1ccc(I)s1. The molecule has 2 heterocycles. The molecule has 1 N–H and O–H groups in total. The summed E-state index contributed by atoms with van der Waals surface area (Å²) < 4.78 is 1.11. The first-order chi connectivity index (χ1) is 7.75. The van der Waals surface area contributed by atoms with Crippen LogP contribution in [0.1, 0.15) is 15.4 Å². The molecular formula is C11H9IN2OS. The molecule has 0 saturated carbocycles. The van der Waals surface area contributed by atoms with E-state index >= 15 is 0 Å². The molecule has 0 spiro atoms. The Kier molecular flexibility index (Phi) is 3.89. The quantitative estimate of drug-likeness (QED) is 0.870. The van der Waals surface area contributed by atoms with Gasteiger partial charge in [0.1, 0.15) is 0 Å². The molecule has 5 heteroatoms. The summed E-state index contributed by atoms with van der Waals surface area (Å²) in [6.45, 7) is 0.466. The fourth-order valence-electron chi connectivity index (χ4n) is 1.20. The van der Waals surface area contributed by atoms with Gasteiger partial charge in [0, 0.05) is 6.20 Å². The van der Waals surface area contributed by atoms with Crippen molar-refractivity contribution in [2.45, 2.75) is 6.54 Å². The second-order valence-electron chi connectivity index (χ2n) is 3.11. The number of halogens is 1. The normalized spacial score (nSPS) is 10.1. The molecule has 0 bridgehead atoms. The number of nitrogens with one attached hydrogen (secondary N) is 1. The zero-order valence-electron chi connectivity index (χ0n) is 8.31. The average Bonchev–Trinajstić information content (AvgIpc) is 2.74. The van der Waals surface area contributed by atoms with Gasteiger partial charge in [-0.15, -0.1) is 11.3 Å². The summed E-state index contributed by atoms with van der Waals surface area (Å²) >= 11 is 3.69. The highest BCUT2D eigenvalue weighted by Crippen LogP contribution is 2.17. The van der Waals surface area contributed by atoms with Crippen LogP contribution in [0.5, 0.6) is 0 Å². The second-order valence-corrected chi connectivity index (χ2v) is 6.09. The van der Waals surface area contributed by atoms with Crippen molar-refractivity contribution in [3.05, 3.63) is 50.0 Å². The van der Waals surface area contributed by atoms with Gasteiger partial charge < -0.3 is 5.32 Å². The van der Waals surface area contributed by atoms with Crippen molar-refractivity contribution in [2.75, 3.05) is 0 Å². The first kappa shape index (κ1) is 11.5. The molecule has 0 aliphatic heterocycles. The first-order valence-corrected chi connectivity index (χ1v) is 6.58. The van der Waals surface area contributed by atoms with E-state index in [9.17, 15) is 4.79 Å². The Hall–Kier alpha value is -0.950. The van der Waals surface area contributed by atoms with Crippen LogP contribution in [0, 0.1) is 2.88 Å². The molecule has 0 aliphatic carbocycles. The average molecular weight is 344 g/mol. The smallest absolute Gasteiger partial charge is 0.261 e. The number of nitrogens with zero attached hydrogens (tertiary/aromatic N) is 1. The minimum atomic E-state index is -0.0430. The van der Waals surface area contributed by atoms with Crippen LogP contribution in [0.4, 0.5) is 0 Å². The topological polar surface area (TPSA) is 42.0 Å². The molecule has 0 radical (unpaired) electrons. The molecular weight excluding hydrogens is 335 g/mol.